The summed E-state index contributed by atoms with van der Waals surface area (Å²) >= 11 is 0. The highest BCUT2D eigenvalue weighted by molar-refractivity contribution is 5.18. The minimum absolute atomic E-state index is 0.00360. The zero-order chi connectivity index (χ0) is 29.2. The first-order valence-corrected chi connectivity index (χ1v) is 14.6. The fourth-order valence-corrected chi connectivity index (χ4v) is 11.5. The fourth-order valence-electron chi connectivity index (χ4n) is 11.5. The van der Waals surface area contributed by atoms with E-state index in [2.05, 4.69) is 158 Å². The first kappa shape index (κ1) is 30.4. The molecule has 0 aromatic carbocycles. The minimum atomic E-state index is -0.0780. The van der Waals surface area contributed by atoms with Crippen molar-refractivity contribution in [2.24, 2.45) is 0 Å². The maximum atomic E-state index is 2.93. The zero-order valence-electron chi connectivity index (χ0n) is 28.9. The van der Waals surface area contributed by atoms with Gasteiger partial charge in [0.15, 0.2) is 22.2 Å². The Morgan fingerprint density at radius 2 is 0.611 bits per heavy atom. The molecule has 4 heteroatoms. The van der Waals surface area contributed by atoms with Crippen molar-refractivity contribution in [3.05, 3.63) is 0 Å². The molecule has 3 aliphatic heterocycles. The third-order valence-corrected chi connectivity index (χ3v) is 16.1. The molecule has 3 rings (SSSR count). The van der Waals surface area contributed by atoms with Gasteiger partial charge in [-0.15, -0.1) is 0 Å². The average Bonchev–Trinajstić information content (AvgIpc) is 2.79. The average molecular weight is 508 g/mol. The monoisotopic (exact) mass is 508 g/mol. The van der Waals surface area contributed by atoms with Crippen molar-refractivity contribution in [1.29, 1.82) is 0 Å². The number of likely N-dealkylation sites (N-methyl/N-ethyl adjacent to an activating group) is 3. The second-order valence-electron chi connectivity index (χ2n) is 18.6. The molecule has 0 saturated carbocycles. The Kier molecular flexibility index (Phi) is 5.56. The summed E-state index contributed by atoms with van der Waals surface area (Å²) in [6.45, 7) is 48.8. The van der Waals surface area contributed by atoms with E-state index in [0.29, 0.717) is 6.29 Å². The third-order valence-electron chi connectivity index (χ3n) is 16.1. The summed E-state index contributed by atoms with van der Waals surface area (Å²) in [5.41, 5.74) is -0.0953. The van der Waals surface area contributed by atoms with E-state index < -0.39 is 0 Å². The molecule has 0 bridgehead atoms. The van der Waals surface area contributed by atoms with Crippen LogP contribution in [-0.2, 0) is 0 Å². The maximum Gasteiger partial charge on any atom is 0.346 e. The molecule has 0 N–H and O–H groups in total. The van der Waals surface area contributed by atoms with Crippen LogP contribution in [0, 0.1) is 0 Å². The molecule has 3 aliphatic rings. The normalized spacial score (nSPS) is 45.0. The molecule has 3 saturated heterocycles. The quantitative estimate of drug-likeness (QED) is 0.320. The standard InChI is InChI=1S/C32H67N4/c1-24(2,3)33-25(4,5)27(8,9)34(20)23-35(21,28(10,11)26(33,6)7)30(14,15)32(18,19)36(23,22)31(16,17)29(34,12)13/h23H,1-22H3/q+3. The van der Waals surface area contributed by atoms with Crippen molar-refractivity contribution in [3.8, 4) is 0 Å². The highest BCUT2D eigenvalue weighted by atomic mass is 15.9. The predicted octanol–water partition coefficient (Wildman–Crippen LogP) is 6.98. The van der Waals surface area contributed by atoms with Gasteiger partial charge in [-0.1, -0.05) is 0 Å². The van der Waals surface area contributed by atoms with Gasteiger partial charge in [0, 0.05) is 5.54 Å². The lowest BCUT2D eigenvalue weighted by Crippen LogP contribution is -2.93. The molecule has 36 heavy (non-hydrogen) atoms. The summed E-state index contributed by atoms with van der Waals surface area (Å²) in [4.78, 5) is 2.93. The first-order valence-electron chi connectivity index (χ1n) is 14.6. The van der Waals surface area contributed by atoms with E-state index in [4.69, 9.17) is 0 Å². The lowest BCUT2D eigenvalue weighted by Gasteiger charge is -2.73. The molecule has 212 valence electrons. The highest BCUT2D eigenvalue weighted by Crippen LogP contribution is 2.73. The third kappa shape index (κ3) is 2.30. The highest BCUT2D eigenvalue weighted by Gasteiger charge is 2.97. The molecule has 2 atom stereocenters. The summed E-state index contributed by atoms with van der Waals surface area (Å²) in [5, 5.41) is 0. The predicted molar refractivity (Wildman–Crippen MR) is 157 cm³/mol. The SMILES string of the molecule is CC(C)(C)N1C(C)(C)C(C)(C)[N+]2(C)C3[N+](C)(C(C)(C)C1(C)C)C(C)(C)C(C)(C)[N+]3(C)C(C)(C)C2(C)C. The largest absolute Gasteiger partial charge is 0.346 e. The van der Waals surface area contributed by atoms with Crippen molar-refractivity contribution in [3.63, 3.8) is 0 Å². The Balaban J connectivity index is 2.76. The number of hydrogen-bond acceptors (Lipinski definition) is 1. The van der Waals surface area contributed by atoms with Crippen LogP contribution in [0.4, 0.5) is 0 Å². The number of quaternary nitrogens is 3. The Morgan fingerprint density at radius 3 is 0.806 bits per heavy atom. The molecule has 0 spiro atoms. The molecule has 0 aromatic rings. The summed E-state index contributed by atoms with van der Waals surface area (Å²) in [7, 11) is 7.94. The lowest BCUT2D eigenvalue weighted by atomic mass is 9.62. The molecular formula is C32H67N4+3. The topological polar surface area (TPSA) is 3.24 Å². The smallest absolute Gasteiger partial charge is 0.276 e. The van der Waals surface area contributed by atoms with Gasteiger partial charge in [-0.2, -0.15) is 0 Å². The second kappa shape index (κ2) is 6.58. The van der Waals surface area contributed by atoms with Gasteiger partial charge in [0.1, 0.15) is 11.1 Å². The Labute approximate surface area is 227 Å². The number of rotatable bonds is 0. The van der Waals surface area contributed by atoms with E-state index in [1.165, 1.54) is 0 Å². The van der Waals surface area contributed by atoms with Gasteiger partial charge >= 0.3 is 6.29 Å². The molecule has 0 amide bonds. The van der Waals surface area contributed by atoms with Gasteiger partial charge in [-0.25, -0.2) is 13.4 Å². The lowest BCUT2D eigenvalue weighted by molar-refractivity contribution is -1.26. The van der Waals surface area contributed by atoms with Crippen LogP contribution in [0.15, 0.2) is 0 Å². The van der Waals surface area contributed by atoms with Gasteiger partial charge in [0.05, 0.1) is 32.2 Å². The fraction of sp³-hybridized carbons (Fsp3) is 1.00. The molecule has 0 aromatic heterocycles. The van der Waals surface area contributed by atoms with Crippen LogP contribution in [0.1, 0.15) is 132 Å². The van der Waals surface area contributed by atoms with Crippen LogP contribution in [0.5, 0.6) is 0 Å². The molecule has 3 heterocycles. The number of nitrogens with zero attached hydrogens (tertiary/aromatic N) is 4. The van der Waals surface area contributed by atoms with Crippen LogP contribution >= 0.6 is 0 Å². The molecule has 2 unspecified atom stereocenters. The Bertz CT molecular complexity index is 889. The Hall–Kier alpha value is -0.160. The molecular weight excluding hydrogens is 440 g/mol. The van der Waals surface area contributed by atoms with Crippen molar-refractivity contribution < 1.29 is 13.4 Å². The van der Waals surface area contributed by atoms with Gasteiger partial charge in [-0.05, 0) is 132 Å². The van der Waals surface area contributed by atoms with E-state index in [1.807, 2.05) is 0 Å². The van der Waals surface area contributed by atoms with Crippen molar-refractivity contribution >= 4 is 0 Å². The van der Waals surface area contributed by atoms with E-state index >= 15 is 0 Å². The van der Waals surface area contributed by atoms with Gasteiger partial charge < -0.3 is 0 Å². The maximum absolute atomic E-state index is 2.93. The van der Waals surface area contributed by atoms with Gasteiger partial charge in [0.25, 0.3) is 0 Å². The Morgan fingerprint density at radius 1 is 0.417 bits per heavy atom. The van der Waals surface area contributed by atoms with Crippen LogP contribution in [0.25, 0.3) is 0 Å². The molecule has 4 nitrogen and oxygen atoms in total. The van der Waals surface area contributed by atoms with Crippen molar-refractivity contribution in [2.75, 3.05) is 21.1 Å². The van der Waals surface area contributed by atoms with Crippen LogP contribution in [-0.4, -0.2) is 95.6 Å². The van der Waals surface area contributed by atoms with Gasteiger partial charge in [-0.3, -0.25) is 4.90 Å². The summed E-state index contributed by atoms with van der Waals surface area (Å²) in [6, 6.07) is 0. The summed E-state index contributed by atoms with van der Waals surface area (Å²) in [6.07, 6.45) is 0.380. The summed E-state index contributed by atoms with van der Waals surface area (Å²) in [5.74, 6) is 0. The molecule has 0 aliphatic carbocycles. The number of hydrogen-bond donors (Lipinski definition) is 0. The molecule has 0 radical (unpaired) electrons. The van der Waals surface area contributed by atoms with E-state index in [0.717, 1.165) is 13.4 Å². The van der Waals surface area contributed by atoms with E-state index in [1.54, 1.807) is 0 Å². The van der Waals surface area contributed by atoms with Crippen molar-refractivity contribution in [2.45, 2.75) is 188 Å². The van der Waals surface area contributed by atoms with Crippen LogP contribution in [0.2, 0.25) is 0 Å². The first-order chi connectivity index (χ1) is 15.2. The second-order valence-corrected chi connectivity index (χ2v) is 18.6. The van der Waals surface area contributed by atoms with Crippen molar-refractivity contribution in [1.82, 2.24) is 4.90 Å². The zero-order valence-corrected chi connectivity index (χ0v) is 28.9. The summed E-state index contributed by atoms with van der Waals surface area (Å²) < 4.78 is 3.14. The van der Waals surface area contributed by atoms with Crippen LogP contribution in [0.3, 0.4) is 0 Å². The van der Waals surface area contributed by atoms with Crippen LogP contribution < -0.4 is 0 Å². The van der Waals surface area contributed by atoms with E-state index in [-0.39, 0.29) is 49.9 Å². The van der Waals surface area contributed by atoms with E-state index in [9.17, 15) is 0 Å². The minimum Gasteiger partial charge on any atom is -0.276 e. The molecule has 3 fully saturated rings. The van der Waals surface area contributed by atoms with Gasteiger partial charge in [0.2, 0.25) is 0 Å².